The molecule has 11 rings (SSSR count). The first-order valence-corrected chi connectivity index (χ1v) is 20.0. The Kier molecular flexibility index (Phi) is 7.78. The third-order valence-electron chi connectivity index (χ3n) is 11.6. The standard InChI is InChI=1S/C52H35N3S/c1-4-14-34(15-5-1)35-24-26-36(27-25-35)49-53-50(55-51(54-49)38-28-30-43-42-21-11-13-23-47(42)56-48(43)33-38)37-29-31-46-44(32-37)41-20-10-12-22-45(41)52(46,39-16-6-2-7-17-39)40-18-8-3-9-19-40/h1-29,31-33,43H,30H2. The molecule has 2 heterocycles. The zero-order valence-electron chi connectivity index (χ0n) is 30.5. The van der Waals surface area contributed by atoms with Crippen LogP contribution in [0.25, 0.3) is 50.6 Å². The number of rotatable bonds is 6. The summed E-state index contributed by atoms with van der Waals surface area (Å²) < 4.78 is 0. The van der Waals surface area contributed by atoms with Crippen LogP contribution in [-0.4, -0.2) is 15.0 Å². The molecule has 4 heteroatoms. The lowest BCUT2D eigenvalue weighted by molar-refractivity contribution is 0.768. The maximum atomic E-state index is 5.27. The van der Waals surface area contributed by atoms with E-state index < -0.39 is 5.41 Å². The van der Waals surface area contributed by atoms with Crippen LogP contribution in [-0.2, 0) is 5.41 Å². The third kappa shape index (κ3) is 5.25. The van der Waals surface area contributed by atoms with E-state index in [1.165, 1.54) is 54.3 Å². The molecule has 0 saturated carbocycles. The summed E-state index contributed by atoms with van der Waals surface area (Å²) in [5, 5.41) is 0. The minimum Gasteiger partial charge on any atom is -0.208 e. The average molecular weight is 734 g/mol. The van der Waals surface area contributed by atoms with E-state index in [2.05, 4.69) is 188 Å². The fourth-order valence-corrected chi connectivity index (χ4v) is 10.3. The fraction of sp³-hybridized carbons (Fsp3) is 0.0577. The summed E-state index contributed by atoms with van der Waals surface area (Å²) in [7, 11) is 0. The molecule has 1 aliphatic heterocycles. The van der Waals surface area contributed by atoms with Crippen LogP contribution >= 0.6 is 11.8 Å². The van der Waals surface area contributed by atoms with Gasteiger partial charge < -0.3 is 0 Å². The number of aromatic nitrogens is 3. The van der Waals surface area contributed by atoms with Crippen molar-refractivity contribution in [1.29, 1.82) is 0 Å². The normalized spacial score (nSPS) is 15.9. The second kappa shape index (κ2) is 13.3. The maximum absolute atomic E-state index is 5.27. The first-order chi connectivity index (χ1) is 27.7. The molecule has 0 N–H and O–H groups in total. The molecule has 0 bridgehead atoms. The highest BCUT2D eigenvalue weighted by atomic mass is 32.2. The van der Waals surface area contributed by atoms with Crippen LogP contribution in [0.1, 0.15) is 46.0 Å². The van der Waals surface area contributed by atoms with Crippen molar-refractivity contribution in [3.63, 3.8) is 0 Å². The van der Waals surface area contributed by atoms with E-state index in [1.54, 1.807) is 0 Å². The van der Waals surface area contributed by atoms with Gasteiger partial charge in [0, 0.05) is 27.5 Å². The SMILES string of the molecule is C1=C(c2nc(-c3ccc(-c4ccccc4)cc3)nc(-c3ccc4c(c3)-c3ccccc3C4(c3ccccc3)c3ccccc3)n2)C=C2Sc3ccccc3C2C1. The largest absolute Gasteiger partial charge is 0.208 e. The Bertz CT molecular complexity index is 2800. The number of allylic oxidation sites excluding steroid dienone is 4. The van der Waals surface area contributed by atoms with Gasteiger partial charge in [-0.05, 0) is 79.6 Å². The molecule has 8 aromatic rings. The van der Waals surface area contributed by atoms with Crippen molar-refractivity contribution < 1.29 is 0 Å². The van der Waals surface area contributed by atoms with Gasteiger partial charge in [-0.15, -0.1) is 0 Å². The molecule has 3 nitrogen and oxygen atoms in total. The van der Waals surface area contributed by atoms with Gasteiger partial charge >= 0.3 is 0 Å². The molecule has 264 valence electrons. The van der Waals surface area contributed by atoms with Gasteiger partial charge in [0.05, 0.1) is 5.41 Å². The second-order valence-electron chi connectivity index (χ2n) is 14.7. The Morgan fingerprint density at radius 1 is 0.464 bits per heavy atom. The molecule has 56 heavy (non-hydrogen) atoms. The molecule has 0 spiro atoms. The molecular formula is C52H35N3S. The van der Waals surface area contributed by atoms with Crippen LogP contribution in [0.4, 0.5) is 0 Å². The van der Waals surface area contributed by atoms with Gasteiger partial charge in [-0.3, -0.25) is 0 Å². The molecule has 7 aromatic carbocycles. The molecule has 0 amide bonds. The Morgan fingerprint density at radius 3 is 1.77 bits per heavy atom. The van der Waals surface area contributed by atoms with Crippen LogP contribution in [0.2, 0.25) is 0 Å². The van der Waals surface area contributed by atoms with Crippen LogP contribution in [0.15, 0.2) is 204 Å². The Labute approximate surface area is 331 Å². The van der Waals surface area contributed by atoms with E-state index in [9.17, 15) is 0 Å². The lowest BCUT2D eigenvalue weighted by Gasteiger charge is -2.33. The first kappa shape index (κ1) is 32.8. The number of nitrogens with zero attached hydrogens (tertiary/aromatic N) is 3. The lowest BCUT2D eigenvalue weighted by atomic mass is 9.67. The Balaban J connectivity index is 1.07. The molecule has 1 atom stereocenters. The third-order valence-corrected chi connectivity index (χ3v) is 12.8. The molecule has 1 unspecified atom stereocenters. The monoisotopic (exact) mass is 733 g/mol. The predicted molar refractivity (Wildman–Crippen MR) is 229 cm³/mol. The highest BCUT2D eigenvalue weighted by molar-refractivity contribution is 8.03. The highest BCUT2D eigenvalue weighted by Crippen LogP contribution is 2.57. The van der Waals surface area contributed by atoms with Gasteiger partial charge in [-0.2, -0.15) is 0 Å². The lowest BCUT2D eigenvalue weighted by Crippen LogP contribution is -2.28. The smallest absolute Gasteiger partial charge is 0.164 e. The molecular weight excluding hydrogens is 699 g/mol. The summed E-state index contributed by atoms with van der Waals surface area (Å²) in [6, 6.07) is 65.3. The van der Waals surface area contributed by atoms with Crippen LogP contribution in [0.3, 0.4) is 0 Å². The van der Waals surface area contributed by atoms with Crippen molar-refractivity contribution in [2.45, 2.75) is 22.6 Å². The average Bonchev–Trinajstić information content (AvgIpc) is 3.80. The van der Waals surface area contributed by atoms with E-state index in [4.69, 9.17) is 15.0 Å². The topological polar surface area (TPSA) is 38.7 Å². The van der Waals surface area contributed by atoms with Crippen molar-refractivity contribution in [3.05, 3.63) is 233 Å². The van der Waals surface area contributed by atoms with Crippen molar-refractivity contribution in [3.8, 4) is 45.0 Å². The van der Waals surface area contributed by atoms with E-state index in [-0.39, 0.29) is 0 Å². The summed E-state index contributed by atoms with van der Waals surface area (Å²) >= 11 is 1.87. The van der Waals surface area contributed by atoms with Crippen LogP contribution in [0.5, 0.6) is 0 Å². The van der Waals surface area contributed by atoms with Crippen molar-refractivity contribution in [1.82, 2.24) is 15.0 Å². The molecule has 0 radical (unpaired) electrons. The molecule has 0 saturated heterocycles. The Morgan fingerprint density at radius 2 is 1.02 bits per heavy atom. The zero-order valence-corrected chi connectivity index (χ0v) is 31.3. The van der Waals surface area contributed by atoms with Crippen molar-refractivity contribution in [2.75, 3.05) is 0 Å². The number of thioether (sulfide) groups is 1. The number of hydrogen-bond acceptors (Lipinski definition) is 4. The van der Waals surface area contributed by atoms with E-state index in [0.717, 1.165) is 28.7 Å². The summed E-state index contributed by atoms with van der Waals surface area (Å²) in [6.07, 6.45) is 5.53. The van der Waals surface area contributed by atoms with Gasteiger partial charge in [0.2, 0.25) is 0 Å². The van der Waals surface area contributed by atoms with Crippen molar-refractivity contribution >= 4 is 17.3 Å². The maximum Gasteiger partial charge on any atom is 0.164 e. The van der Waals surface area contributed by atoms with E-state index >= 15 is 0 Å². The number of fused-ring (bicyclic) bond motifs is 6. The van der Waals surface area contributed by atoms with Gasteiger partial charge in [-0.25, -0.2) is 15.0 Å². The van der Waals surface area contributed by atoms with Gasteiger partial charge in [0.25, 0.3) is 0 Å². The Hall–Kier alpha value is -6.62. The van der Waals surface area contributed by atoms with Crippen LogP contribution in [0, 0.1) is 0 Å². The quantitative estimate of drug-likeness (QED) is 0.171. The van der Waals surface area contributed by atoms with E-state index in [0.29, 0.717) is 23.4 Å². The highest BCUT2D eigenvalue weighted by Gasteiger charge is 2.46. The molecule has 2 aliphatic carbocycles. The van der Waals surface area contributed by atoms with Crippen LogP contribution < -0.4 is 0 Å². The van der Waals surface area contributed by atoms with Gasteiger partial charge in [-0.1, -0.05) is 188 Å². The number of hydrogen-bond donors (Lipinski definition) is 0. The first-order valence-electron chi connectivity index (χ1n) is 19.2. The fourth-order valence-electron chi connectivity index (χ4n) is 8.99. The second-order valence-corrected chi connectivity index (χ2v) is 15.8. The van der Waals surface area contributed by atoms with E-state index in [1.807, 2.05) is 17.8 Å². The summed E-state index contributed by atoms with van der Waals surface area (Å²) in [6.45, 7) is 0. The minimum atomic E-state index is -0.463. The zero-order chi connectivity index (χ0) is 37.1. The van der Waals surface area contributed by atoms with Crippen molar-refractivity contribution in [2.24, 2.45) is 0 Å². The molecule has 3 aliphatic rings. The minimum absolute atomic E-state index is 0.387. The predicted octanol–water partition coefficient (Wildman–Crippen LogP) is 12.8. The molecule has 0 fully saturated rings. The number of benzene rings is 7. The van der Waals surface area contributed by atoms with Gasteiger partial charge in [0.15, 0.2) is 17.5 Å². The summed E-state index contributed by atoms with van der Waals surface area (Å²) in [5.74, 6) is 2.41. The summed E-state index contributed by atoms with van der Waals surface area (Å²) in [4.78, 5) is 18.4. The summed E-state index contributed by atoms with van der Waals surface area (Å²) in [5.41, 5.74) is 13.7. The van der Waals surface area contributed by atoms with Gasteiger partial charge in [0.1, 0.15) is 0 Å². The molecule has 1 aromatic heterocycles.